The number of aromatic nitrogens is 3. The van der Waals surface area contributed by atoms with Crippen LogP contribution in [0.3, 0.4) is 0 Å². The number of carbonyl (C=O) groups is 5. The number of hydrazine groups is 1. The van der Waals surface area contributed by atoms with Crippen LogP contribution in [0.2, 0.25) is 5.54 Å². The number of ether oxygens (including phenoxy) is 2. The van der Waals surface area contributed by atoms with Gasteiger partial charge in [0.05, 0.1) is 52.3 Å². The Balaban J connectivity index is 1.13. The molecule has 6 atom stereocenters. The quantitative estimate of drug-likeness (QED) is 0.0777. The first-order chi connectivity index (χ1) is 33.5. The van der Waals surface area contributed by atoms with Crippen molar-refractivity contribution in [2.75, 3.05) is 54.0 Å². The lowest BCUT2D eigenvalue weighted by atomic mass is 9.84. The van der Waals surface area contributed by atoms with E-state index < -0.39 is 29.0 Å². The number of likely N-dealkylation sites (tertiary alicyclic amines) is 1. The number of aryl methyl sites for hydroxylation is 1. The Kier molecular flexibility index (Phi) is 15.4. The van der Waals surface area contributed by atoms with Gasteiger partial charge < -0.3 is 33.6 Å². The number of carbonyl (C=O) groups excluding carboxylic acids is 5. The van der Waals surface area contributed by atoms with Crippen LogP contribution in [0, 0.1) is 17.3 Å². The van der Waals surface area contributed by atoms with Crippen LogP contribution in [-0.4, -0.2) is 151 Å². The molecule has 7 heterocycles. The summed E-state index contributed by atoms with van der Waals surface area (Å²) < 4.78 is 14.4. The van der Waals surface area contributed by atoms with E-state index in [9.17, 15) is 24.0 Å². The SMILES string of the molecule is C=CC(=O)N(C)[C@@H]1CCCN(C(=O)N(C)[C@H](C(=O)N2CC2C2Cc3nc(cs3)-c3ccc4c(c3)c(c(-c3cccnc3[C@H](C)OC)n4CC)CC(C)(C)COC(=O)[C@@H]3CCCN(N[Si]3)C2=O)C(C)C)C1. The van der Waals surface area contributed by atoms with E-state index in [2.05, 4.69) is 61.3 Å². The summed E-state index contributed by atoms with van der Waals surface area (Å²) in [6.07, 6.45) is 6.41. The number of rotatable bonds is 10. The Morgan fingerprint density at radius 2 is 1.87 bits per heavy atom. The summed E-state index contributed by atoms with van der Waals surface area (Å²) in [5.74, 6) is -1.71. The number of nitrogens with zero attached hydrogens (tertiary/aromatic N) is 8. The van der Waals surface area contributed by atoms with E-state index in [1.807, 2.05) is 32.2 Å². The van der Waals surface area contributed by atoms with Crippen molar-refractivity contribution in [1.29, 1.82) is 0 Å². The third kappa shape index (κ3) is 10.3. The van der Waals surface area contributed by atoms with Gasteiger partial charge in [-0.1, -0.05) is 40.3 Å². The fourth-order valence-electron chi connectivity index (χ4n) is 10.7. The number of cyclic esters (lactones) is 1. The van der Waals surface area contributed by atoms with Gasteiger partial charge in [-0.3, -0.25) is 34.3 Å². The van der Waals surface area contributed by atoms with Crippen LogP contribution in [0.1, 0.15) is 89.6 Å². The van der Waals surface area contributed by atoms with Crippen molar-refractivity contribution in [2.45, 2.75) is 116 Å². The van der Waals surface area contributed by atoms with E-state index in [0.29, 0.717) is 58.4 Å². The number of hydrogen-bond donors (Lipinski definition) is 1. The molecule has 70 heavy (non-hydrogen) atoms. The maximum atomic E-state index is 14.9. The number of piperidine rings is 1. The average Bonchev–Trinajstić information content (AvgIpc) is 4.01. The first-order valence-electron chi connectivity index (χ1n) is 24.7. The Labute approximate surface area is 418 Å². The van der Waals surface area contributed by atoms with Gasteiger partial charge in [0.15, 0.2) is 9.68 Å². The van der Waals surface area contributed by atoms with Crippen LogP contribution < -0.4 is 5.09 Å². The van der Waals surface area contributed by atoms with Gasteiger partial charge in [0.1, 0.15) is 6.04 Å². The zero-order valence-corrected chi connectivity index (χ0v) is 44.0. The summed E-state index contributed by atoms with van der Waals surface area (Å²) in [4.78, 5) is 86.8. The van der Waals surface area contributed by atoms with Gasteiger partial charge >= 0.3 is 12.0 Å². The van der Waals surface area contributed by atoms with Gasteiger partial charge in [0, 0.05) is 105 Å². The van der Waals surface area contributed by atoms with Crippen LogP contribution >= 0.6 is 11.3 Å². The molecule has 374 valence electrons. The predicted molar refractivity (Wildman–Crippen MR) is 271 cm³/mol. The summed E-state index contributed by atoms with van der Waals surface area (Å²) in [6, 6.07) is 8.92. The number of esters is 1. The number of hydrogen-bond acceptors (Lipinski definition) is 11. The molecule has 8 rings (SSSR count). The summed E-state index contributed by atoms with van der Waals surface area (Å²) in [6.45, 7) is 18.5. The van der Waals surface area contributed by atoms with E-state index in [0.717, 1.165) is 62.5 Å². The topological polar surface area (TPSA) is 163 Å². The summed E-state index contributed by atoms with van der Waals surface area (Å²) in [5.41, 5.74) is 5.95. The van der Waals surface area contributed by atoms with Gasteiger partial charge in [-0.25, -0.2) is 9.78 Å². The van der Waals surface area contributed by atoms with Crippen molar-refractivity contribution in [2.24, 2.45) is 17.3 Å². The molecular formula is C52H69N9O7SSi. The van der Waals surface area contributed by atoms with Gasteiger partial charge in [-0.2, -0.15) is 0 Å². The summed E-state index contributed by atoms with van der Waals surface area (Å²) in [5, 5.41) is 8.89. The second-order valence-electron chi connectivity index (χ2n) is 20.5. The third-order valence-corrected chi connectivity index (χ3v) is 16.8. The highest BCUT2D eigenvalue weighted by atomic mass is 32.1. The molecule has 3 saturated heterocycles. The van der Waals surface area contributed by atoms with Crippen molar-refractivity contribution in [3.8, 4) is 22.5 Å². The van der Waals surface area contributed by atoms with E-state index >= 15 is 0 Å². The number of benzene rings is 1. The number of pyridine rings is 1. The van der Waals surface area contributed by atoms with Crippen LogP contribution in [0.4, 0.5) is 4.79 Å². The molecule has 1 N–H and O–H groups in total. The summed E-state index contributed by atoms with van der Waals surface area (Å²) >= 11 is 1.51. The molecule has 2 unspecified atom stereocenters. The minimum absolute atomic E-state index is 0.0812. The highest BCUT2D eigenvalue weighted by Crippen LogP contribution is 2.43. The smallest absolute Gasteiger partial charge is 0.320 e. The molecule has 4 aliphatic rings. The van der Waals surface area contributed by atoms with E-state index in [-0.39, 0.29) is 64.1 Å². The molecule has 16 nitrogen and oxygen atoms in total. The fourth-order valence-corrected chi connectivity index (χ4v) is 12.6. The standard InChI is InChI=1S/C52H69N9O7SSi/c1-11-44(62)56(8)34-16-14-22-58(27-34)51(66)57(9)46(31(3)4)49(64)60-28-41(60)37-25-43-54-39(29-69-43)33-19-20-40-36(24-33)38(47(59(40)12-2)35-17-13-21-53-45(35)32(5)67-10)26-52(6,7)30-68-50(65)42-18-15-23-61(48(37)63)55-70-42/h11,13,17,19-21,24,29,31-32,34,37,41-42,46,55H,1,12,14-16,18,22-23,25-28,30H2,2-10H3/t32-,34+,37?,41?,42-,46-,60?/m0/s1. The molecule has 18 heteroatoms. The highest BCUT2D eigenvalue weighted by Gasteiger charge is 2.52. The second-order valence-corrected chi connectivity index (χ2v) is 22.6. The lowest BCUT2D eigenvalue weighted by Crippen LogP contribution is -2.57. The molecule has 1 aromatic carbocycles. The lowest BCUT2D eigenvalue weighted by molar-refractivity contribution is -0.146. The molecule has 3 aromatic heterocycles. The maximum absolute atomic E-state index is 14.9. The molecule has 0 saturated carbocycles. The molecule has 4 aliphatic heterocycles. The second kappa shape index (κ2) is 21.1. The van der Waals surface area contributed by atoms with Gasteiger partial charge in [0.2, 0.25) is 17.7 Å². The number of fused-ring (bicyclic) bond motifs is 7. The van der Waals surface area contributed by atoms with Gasteiger partial charge in [0.25, 0.3) is 0 Å². The van der Waals surface area contributed by atoms with Crippen molar-refractivity contribution < 1.29 is 33.4 Å². The van der Waals surface area contributed by atoms with E-state index in [4.69, 9.17) is 19.4 Å². The lowest BCUT2D eigenvalue weighted by Gasteiger charge is -2.40. The number of methoxy groups -OCH3 is 1. The van der Waals surface area contributed by atoms with Crippen molar-refractivity contribution >= 4 is 61.6 Å². The Morgan fingerprint density at radius 1 is 1.10 bits per heavy atom. The minimum Gasteiger partial charge on any atom is -0.465 e. The van der Waals surface area contributed by atoms with Gasteiger partial charge in [-0.05, 0) is 87.8 Å². The monoisotopic (exact) mass is 991 g/mol. The molecule has 0 aliphatic carbocycles. The Morgan fingerprint density at radius 3 is 2.60 bits per heavy atom. The number of thiazole rings is 1. The van der Waals surface area contributed by atoms with E-state index in [1.54, 1.807) is 47.1 Å². The maximum Gasteiger partial charge on any atom is 0.320 e. The molecule has 2 radical (unpaired) electrons. The molecule has 6 bridgehead atoms. The van der Waals surface area contributed by atoms with Crippen LogP contribution in [0.25, 0.3) is 33.4 Å². The van der Waals surface area contributed by atoms with E-state index in [1.165, 1.54) is 22.3 Å². The number of nitrogens with one attached hydrogen (secondary N) is 1. The Hall–Kier alpha value is -5.43. The number of urea groups is 1. The number of amides is 5. The van der Waals surface area contributed by atoms with Crippen molar-refractivity contribution in [3.05, 3.63) is 70.8 Å². The summed E-state index contributed by atoms with van der Waals surface area (Å²) in [7, 11) is 5.02. The van der Waals surface area contributed by atoms with Crippen LogP contribution in [-0.2, 0) is 48.0 Å². The molecule has 5 amide bonds. The number of likely N-dealkylation sites (N-methyl/N-ethyl adjacent to an activating group) is 2. The largest absolute Gasteiger partial charge is 0.465 e. The average molecular weight is 992 g/mol. The third-order valence-electron chi connectivity index (χ3n) is 14.7. The first kappa shape index (κ1) is 50.9. The van der Waals surface area contributed by atoms with Crippen molar-refractivity contribution in [1.82, 2.24) is 44.2 Å². The predicted octanol–water partition coefficient (Wildman–Crippen LogP) is 6.77. The molecule has 3 fully saturated rings. The normalized spacial score (nSPS) is 22.7. The zero-order valence-electron chi connectivity index (χ0n) is 42.2. The molecular weight excluding hydrogens is 923 g/mol. The van der Waals surface area contributed by atoms with Gasteiger partial charge in [-0.15, -0.1) is 11.3 Å². The Bertz CT molecular complexity index is 2630. The van der Waals surface area contributed by atoms with Crippen LogP contribution in [0.15, 0.2) is 54.6 Å². The zero-order chi connectivity index (χ0) is 50.2. The fraction of sp³-hybridized carbons (Fsp3) is 0.558. The minimum atomic E-state index is -0.777. The van der Waals surface area contributed by atoms with Crippen molar-refractivity contribution in [3.63, 3.8) is 0 Å². The highest BCUT2D eigenvalue weighted by molar-refractivity contribution is 7.10. The van der Waals surface area contributed by atoms with Crippen LogP contribution in [0.5, 0.6) is 0 Å². The molecule has 0 spiro atoms. The molecule has 4 aromatic rings. The first-order valence-corrected chi connectivity index (χ1v) is 26.7.